The Labute approximate surface area is 199 Å². The predicted molar refractivity (Wildman–Crippen MR) is 132 cm³/mol. The number of hydrogen-bond acceptors (Lipinski definition) is 3. The Hall–Kier alpha value is -1.68. The number of amides is 1. The predicted octanol–water partition coefficient (Wildman–Crippen LogP) is 5.42. The number of aromatic nitrogens is 1. The van der Waals surface area contributed by atoms with E-state index in [9.17, 15) is 4.79 Å². The van der Waals surface area contributed by atoms with Crippen LogP contribution in [0.2, 0.25) is 0 Å². The van der Waals surface area contributed by atoms with Crippen molar-refractivity contribution in [1.82, 2.24) is 14.8 Å². The van der Waals surface area contributed by atoms with Crippen LogP contribution in [0.3, 0.4) is 0 Å². The molecule has 4 nitrogen and oxygen atoms in total. The molecule has 4 fully saturated rings. The molecule has 3 saturated carbocycles. The highest BCUT2D eigenvalue weighted by Crippen LogP contribution is 2.68. The van der Waals surface area contributed by atoms with Crippen LogP contribution in [0.4, 0.5) is 0 Å². The van der Waals surface area contributed by atoms with Gasteiger partial charge in [-0.3, -0.25) is 9.78 Å². The summed E-state index contributed by atoms with van der Waals surface area (Å²) in [5.74, 6) is 3.71. The average Bonchev–Trinajstić information content (AvgIpc) is 3.31. The molecule has 4 heteroatoms. The Bertz CT molecular complexity index is 959. The molecule has 1 unspecified atom stereocenters. The van der Waals surface area contributed by atoms with Crippen LogP contribution < -0.4 is 0 Å². The van der Waals surface area contributed by atoms with Gasteiger partial charge in [0.05, 0.1) is 0 Å². The Morgan fingerprint density at radius 1 is 1.09 bits per heavy atom. The monoisotopic (exact) mass is 447 g/mol. The lowest BCUT2D eigenvalue weighted by Gasteiger charge is -2.58. The summed E-state index contributed by atoms with van der Waals surface area (Å²) >= 11 is 0. The first-order valence-corrected chi connectivity index (χ1v) is 13.4. The van der Waals surface area contributed by atoms with Crippen LogP contribution in [-0.4, -0.2) is 53.4 Å². The topological polar surface area (TPSA) is 36.4 Å². The molecule has 6 rings (SSSR count). The molecule has 178 valence electrons. The van der Waals surface area contributed by atoms with Crippen molar-refractivity contribution in [3.05, 3.63) is 41.7 Å². The normalized spacial score (nSPS) is 44.3. The van der Waals surface area contributed by atoms with Crippen molar-refractivity contribution in [2.24, 2.45) is 34.5 Å². The van der Waals surface area contributed by atoms with E-state index in [2.05, 4.69) is 36.9 Å². The summed E-state index contributed by atoms with van der Waals surface area (Å²) in [4.78, 5) is 21.8. The fourth-order valence-electron chi connectivity index (χ4n) is 9.64. The van der Waals surface area contributed by atoms with Gasteiger partial charge in [0.1, 0.15) is 0 Å². The van der Waals surface area contributed by atoms with Gasteiger partial charge in [0.15, 0.2) is 0 Å². The zero-order valence-electron chi connectivity index (χ0n) is 21.0. The molecule has 5 aliphatic rings. The maximum atomic E-state index is 13.1. The van der Waals surface area contributed by atoms with E-state index in [-0.39, 0.29) is 5.91 Å². The van der Waals surface area contributed by atoms with Crippen molar-refractivity contribution in [3.63, 3.8) is 0 Å². The van der Waals surface area contributed by atoms with Crippen LogP contribution in [0.25, 0.3) is 0 Å². The van der Waals surface area contributed by atoms with Gasteiger partial charge >= 0.3 is 0 Å². The van der Waals surface area contributed by atoms with Gasteiger partial charge in [0.2, 0.25) is 0 Å². The summed E-state index contributed by atoms with van der Waals surface area (Å²) in [5, 5.41) is 0. The molecule has 1 saturated heterocycles. The maximum Gasteiger partial charge on any atom is 0.253 e. The molecule has 33 heavy (non-hydrogen) atoms. The number of pyridine rings is 1. The molecule has 2 heterocycles. The van der Waals surface area contributed by atoms with Crippen LogP contribution in [-0.2, 0) is 0 Å². The lowest BCUT2D eigenvalue weighted by molar-refractivity contribution is -0.0430. The third kappa shape index (κ3) is 3.05. The van der Waals surface area contributed by atoms with Gasteiger partial charge in [-0.15, -0.1) is 0 Å². The quantitative estimate of drug-likeness (QED) is 0.569. The number of hydrogen-bond donors (Lipinski definition) is 0. The van der Waals surface area contributed by atoms with Gasteiger partial charge in [0, 0.05) is 43.6 Å². The summed E-state index contributed by atoms with van der Waals surface area (Å²) in [7, 11) is 4.37. The van der Waals surface area contributed by atoms with Crippen molar-refractivity contribution in [3.8, 4) is 0 Å². The van der Waals surface area contributed by atoms with E-state index < -0.39 is 0 Å². The number of likely N-dealkylation sites (tertiary alicyclic amines) is 1. The second kappa shape index (κ2) is 7.66. The lowest BCUT2D eigenvalue weighted by atomic mass is 9.47. The first-order valence-electron chi connectivity index (χ1n) is 13.4. The lowest BCUT2D eigenvalue weighted by Crippen LogP contribution is -2.53. The van der Waals surface area contributed by atoms with Crippen LogP contribution in [0, 0.1) is 34.5 Å². The van der Waals surface area contributed by atoms with Crippen molar-refractivity contribution >= 4 is 5.91 Å². The summed E-state index contributed by atoms with van der Waals surface area (Å²) in [5.41, 5.74) is 3.36. The molecule has 1 aliphatic heterocycles. The largest absolute Gasteiger partial charge is 0.338 e. The highest BCUT2D eigenvalue weighted by atomic mass is 16.2. The fraction of sp³-hybridized carbons (Fsp3) is 0.724. The molecular weight excluding hydrogens is 406 g/mol. The van der Waals surface area contributed by atoms with Crippen LogP contribution in [0.1, 0.15) is 75.6 Å². The number of allylic oxidation sites excluding steroid dienone is 1. The van der Waals surface area contributed by atoms with Gasteiger partial charge in [-0.1, -0.05) is 18.6 Å². The van der Waals surface area contributed by atoms with Crippen LogP contribution >= 0.6 is 0 Å². The highest BCUT2D eigenvalue weighted by Gasteiger charge is 2.64. The molecule has 1 aromatic heterocycles. The van der Waals surface area contributed by atoms with Crippen molar-refractivity contribution in [1.29, 1.82) is 0 Å². The summed E-state index contributed by atoms with van der Waals surface area (Å²) in [6.07, 6.45) is 16.6. The van der Waals surface area contributed by atoms with Crippen LogP contribution in [0.15, 0.2) is 36.2 Å². The number of rotatable bonds is 2. The molecular formula is C29H41N3O. The number of nitrogens with zero attached hydrogens (tertiary/aromatic N) is 3. The molecule has 0 aromatic carbocycles. The van der Waals surface area contributed by atoms with E-state index in [1.165, 1.54) is 45.1 Å². The van der Waals surface area contributed by atoms with E-state index in [1.807, 2.05) is 24.1 Å². The maximum absolute atomic E-state index is 13.1. The van der Waals surface area contributed by atoms with Crippen molar-refractivity contribution in [2.45, 2.75) is 77.3 Å². The number of carbonyl (C=O) groups is 1. The summed E-state index contributed by atoms with van der Waals surface area (Å²) < 4.78 is 0. The second-order valence-electron chi connectivity index (χ2n) is 12.4. The zero-order valence-corrected chi connectivity index (χ0v) is 21.0. The molecule has 4 aliphatic carbocycles. The zero-order chi connectivity index (χ0) is 23.0. The Morgan fingerprint density at radius 2 is 1.85 bits per heavy atom. The van der Waals surface area contributed by atoms with Gasteiger partial charge in [-0.05, 0) is 112 Å². The van der Waals surface area contributed by atoms with Crippen molar-refractivity contribution in [2.75, 3.05) is 20.6 Å². The van der Waals surface area contributed by atoms with Gasteiger partial charge in [-0.25, -0.2) is 0 Å². The molecule has 1 spiro atoms. The molecule has 0 bridgehead atoms. The highest BCUT2D eigenvalue weighted by molar-refractivity contribution is 5.94. The van der Waals surface area contributed by atoms with E-state index >= 15 is 0 Å². The number of carbonyl (C=O) groups excluding carboxylic acids is 1. The molecule has 1 aromatic rings. The van der Waals surface area contributed by atoms with E-state index in [4.69, 9.17) is 0 Å². The summed E-state index contributed by atoms with van der Waals surface area (Å²) in [6, 6.07) is 4.76. The average molecular weight is 448 g/mol. The third-order valence-electron chi connectivity index (χ3n) is 11.5. The van der Waals surface area contributed by atoms with Crippen LogP contribution in [0.5, 0.6) is 0 Å². The second-order valence-corrected chi connectivity index (χ2v) is 12.4. The van der Waals surface area contributed by atoms with Crippen molar-refractivity contribution < 1.29 is 4.79 Å². The summed E-state index contributed by atoms with van der Waals surface area (Å²) in [6.45, 7) is 6.41. The SMILES string of the molecule is C[C@H]1[C@H]2CC[C@H]3[C@@H]4CC=C5C[C@@H](N(C)C(=O)c6ccncc6)CC[C@]5(C)C4CC[C@]23CN1C. The Balaban J connectivity index is 1.22. The fourth-order valence-corrected chi connectivity index (χ4v) is 9.64. The third-order valence-corrected chi connectivity index (χ3v) is 11.5. The Morgan fingerprint density at radius 3 is 2.64 bits per heavy atom. The Kier molecular flexibility index (Phi) is 5.07. The standard InChI is InChI=1S/C29H41N3O/c1-19-24-7-8-26-23-6-5-21-17-22(32(4)27(33)20-11-15-30-16-12-20)9-13-28(21,2)25(23)10-14-29(24,26)18-31(19)3/h5,11-12,15-16,19,22-26H,6-10,13-14,17-18H2,1-4H3/t19-,22-,23+,24+,25?,26-,28-,29-/m0/s1. The number of fused-ring (bicyclic) bond motifs is 4. The molecule has 8 atom stereocenters. The van der Waals surface area contributed by atoms with Gasteiger partial charge < -0.3 is 9.80 Å². The van der Waals surface area contributed by atoms with E-state index in [1.54, 1.807) is 18.0 Å². The molecule has 1 amide bonds. The van der Waals surface area contributed by atoms with E-state index in [0.717, 1.165) is 48.1 Å². The van der Waals surface area contributed by atoms with E-state index in [0.29, 0.717) is 16.9 Å². The minimum Gasteiger partial charge on any atom is -0.338 e. The first-order chi connectivity index (χ1) is 15.8. The van der Waals surface area contributed by atoms with Gasteiger partial charge in [-0.2, -0.15) is 0 Å². The first kappa shape index (κ1) is 21.8. The smallest absolute Gasteiger partial charge is 0.253 e. The van der Waals surface area contributed by atoms with Gasteiger partial charge in [0.25, 0.3) is 5.91 Å². The molecule has 0 radical (unpaired) electrons. The molecule has 0 N–H and O–H groups in total. The minimum atomic E-state index is 0.136. The minimum absolute atomic E-state index is 0.136.